The fraction of sp³-hybridized carbons (Fsp3) is 0.400. The maximum Gasteiger partial charge on any atom is 0.314 e. The summed E-state index contributed by atoms with van der Waals surface area (Å²) in [5.74, 6) is -2.00. The topological polar surface area (TPSA) is 143 Å². The zero-order valence-electron chi connectivity index (χ0n) is 17.4. The average Bonchev–Trinajstić information content (AvgIpc) is 3.26. The molecule has 2 aliphatic rings. The normalized spacial score (nSPS) is 19.8. The van der Waals surface area contributed by atoms with E-state index >= 15 is 0 Å². The van der Waals surface area contributed by atoms with Crippen molar-refractivity contribution in [1.82, 2.24) is 25.5 Å². The summed E-state index contributed by atoms with van der Waals surface area (Å²) in [5, 5.41) is 8.59. The summed E-state index contributed by atoms with van der Waals surface area (Å²) >= 11 is 7.03. The number of rotatable bonds is 5. The van der Waals surface area contributed by atoms with Crippen LogP contribution in [0.25, 0.3) is 0 Å². The van der Waals surface area contributed by atoms with E-state index in [9.17, 15) is 19.2 Å². The third kappa shape index (κ3) is 5.64. The van der Waals surface area contributed by atoms with Gasteiger partial charge in [0.25, 0.3) is 5.91 Å². The number of thiazole rings is 1. The van der Waals surface area contributed by atoms with Gasteiger partial charge in [0.2, 0.25) is 6.41 Å². The standard InChI is InChI=1S/C20H21ClN6O5S/c21-11-1-2-16(22-7-11)26-18(30)17(29)23-12-3-5-27(10-28)8-14(12)24-19(31)20-25-13-4-6-32-9-15(13)33-20/h1-2,7,10,12,14H,3-6,8-9H2,(H,23,29)(H,24,31)(H,22,26,30)/t12-,14+/m0/s1. The van der Waals surface area contributed by atoms with E-state index < -0.39 is 29.8 Å². The number of nitrogens with zero attached hydrogens (tertiary/aromatic N) is 3. The first-order valence-corrected chi connectivity index (χ1v) is 11.4. The molecule has 3 N–H and O–H groups in total. The van der Waals surface area contributed by atoms with Crippen LogP contribution in [-0.2, 0) is 32.1 Å². The third-order valence-corrected chi connectivity index (χ3v) is 6.58. The van der Waals surface area contributed by atoms with E-state index in [1.165, 1.54) is 34.6 Å². The van der Waals surface area contributed by atoms with Crippen molar-refractivity contribution in [2.24, 2.45) is 0 Å². The minimum Gasteiger partial charge on any atom is -0.375 e. The number of fused-ring (bicyclic) bond motifs is 1. The number of hydrogen-bond acceptors (Lipinski definition) is 8. The van der Waals surface area contributed by atoms with Crippen molar-refractivity contribution in [3.8, 4) is 0 Å². The monoisotopic (exact) mass is 492 g/mol. The number of nitrogens with one attached hydrogen (secondary N) is 3. The van der Waals surface area contributed by atoms with Gasteiger partial charge < -0.3 is 25.6 Å². The molecular weight excluding hydrogens is 472 g/mol. The summed E-state index contributed by atoms with van der Waals surface area (Å²) in [6.07, 6.45) is 3.05. The molecular formula is C20H21ClN6O5S. The second kappa shape index (κ2) is 10.2. The van der Waals surface area contributed by atoms with Crippen LogP contribution in [0.4, 0.5) is 5.82 Å². The van der Waals surface area contributed by atoms with E-state index in [1.54, 1.807) is 0 Å². The number of hydrogen-bond donors (Lipinski definition) is 3. The molecule has 2 atom stereocenters. The first kappa shape index (κ1) is 23.1. The van der Waals surface area contributed by atoms with Crippen molar-refractivity contribution >= 4 is 52.9 Å². The van der Waals surface area contributed by atoms with Gasteiger partial charge in [-0.25, -0.2) is 9.97 Å². The van der Waals surface area contributed by atoms with E-state index in [0.717, 1.165) is 10.6 Å². The van der Waals surface area contributed by atoms with Gasteiger partial charge in [-0.1, -0.05) is 11.6 Å². The molecule has 0 aliphatic carbocycles. The van der Waals surface area contributed by atoms with Gasteiger partial charge in [-0.3, -0.25) is 19.2 Å². The molecule has 0 bridgehead atoms. The van der Waals surface area contributed by atoms with Crippen LogP contribution in [0.5, 0.6) is 0 Å². The zero-order valence-corrected chi connectivity index (χ0v) is 18.9. The van der Waals surface area contributed by atoms with Gasteiger partial charge in [0.05, 0.1) is 40.9 Å². The van der Waals surface area contributed by atoms with Crippen LogP contribution in [-0.4, -0.2) is 70.8 Å². The minimum absolute atomic E-state index is 0.178. The molecule has 1 fully saturated rings. The Morgan fingerprint density at radius 3 is 2.79 bits per heavy atom. The van der Waals surface area contributed by atoms with Crippen molar-refractivity contribution in [3.05, 3.63) is 38.9 Å². The van der Waals surface area contributed by atoms with Crippen molar-refractivity contribution in [3.63, 3.8) is 0 Å². The van der Waals surface area contributed by atoms with E-state index in [2.05, 4.69) is 25.9 Å². The Balaban J connectivity index is 1.40. The number of aromatic nitrogens is 2. The number of halogens is 1. The van der Waals surface area contributed by atoms with Crippen LogP contribution in [0.2, 0.25) is 5.02 Å². The van der Waals surface area contributed by atoms with Crippen molar-refractivity contribution in [2.75, 3.05) is 25.0 Å². The third-order valence-electron chi connectivity index (χ3n) is 5.29. The highest BCUT2D eigenvalue weighted by Crippen LogP contribution is 2.24. The number of carbonyl (C=O) groups excluding carboxylic acids is 4. The number of ether oxygens (including phenoxy) is 1. The molecule has 0 unspecified atom stereocenters. The number of pyridine rings is 1. The molecule has 33 heavy (non-hydrogen) atoms. The van der Waals surface area contributed by atoms with Crippen LogP contribution in [0.3, 0.4) is 0 Å². The van der Waals surface area contributed by atoms with Crippen LogP contribution < -0.4 is 16.0 Å². The minimum atomic E-state index is -0.902. The predicted octanol–water partition coefficient (Wildman–Crippen LogP) is 0.348. The number of amides is 4. The maximum absolute atomic E-state index is 12.8. The van der Waals surface area contributed by atoms with Crippen LogP contribution in [0, 0.1) is 0 Å². The molecule has 1 saturated heterocycles. The summed E-state index contributed by atoms with van der Waals surface area (Å²) in [6.45, 7) is 1.56. The van der Waals surface area contributed by atoms with Gasteiger partial charge in [-0.05, 0) is 18.6 Å². The fourth-order valence-corrected chi connectivity index (χ4v) is 4.66. The molecule has 0 spiro atoms. The summed E-state index contributed by atoms with van der Waals surface area (Å²) in [5.41, 5.74) is 0.854. The Morgan fingerprint density at radius 1 is 1.21 bits per heavy atom. The Bertz CT molecular complexity index is 1040. The lowest BCUT2D eigenvalue weighted by molar-refractivity contribution is -0.137. The van der Waals surface area contributed by atoms with Gasteiger partial charge in [-0.15, -0.1) is 11.3 Å². The second-order valence-electron chi connectivity index (χ2n) is 7.56. The van der Waals surface area contributed by atoms with Gasteiger partial charge in [0.1, 0.15) is 5.82 Å². The lowest BCUT2D eigenvalue weighted by atomic mass is 9.99. The van der Waals surface area contributed by atoms with Gasteiger partial charge in [0, 0.05) is 25.7 Å². The van der Waals surface area contributed by atoms with E-state index in [1.807, 2.05) is 0 Å². The molecule has 2 aromatic heterocycles. The molecule has 4 amide bonds. The molecule has 4 heterocycles. The van der Waals surface area contributed by atoms with Crippen molar-refractivity contribution in [1.29, 1.82) is 0 Å². The zero-order chi connectivity index (χ0) is 23.4. The predicted molar refractivity (Wildman–Crippen MR) is 119 cm³/mol. The van der Waals surface area contributed by atoms with E-state index in [4.69, 9.17) is 16.3 Å². The summed E-state index contributed by atoms with van der Waals surface area (Å²) in [7, 11) is 0. The molecule has 0 saturated carbocycles. The quantitative estimate of drug-likeness (QED) is 0.403. The first-order chi connectivity index (χ1) is 15.9. The maximum atomic E-state index is 12.8. The molecule has 13 heteroatoms. The Hall–Kier alpha value is -3.09. The van der Waals surface area contributed by atoms with Crippen LogP contribution >= 0.6 is 22.9 Å². The van der Waals surface area contributed by atoms with Crippen LogP contribution in [0.15, 0.2) is 18.3 Å². The summed E-state index contributed by atoms with van der Waals surface area (Å²) in [6, 6.07) is 1.85. The lowest BCUT2D eigenvalue weighted by Crippen LogP contribution is -2.61. The largest absolute Gasteiger partial charge is 0.375 e. The highest BCUT2D eigenvalue weighted by Gasteiger charge is 2.33. The molecule has 0 aromatic carbocycles. The molecule has 11 nitrogen and oxygen atoms in total. The molecule has 2 aromatic rings. The van der Waals surface area contributed by atoms with Crippen LogP contribution in [0.1, 0.15) is 26.8 Å². The lowest BCUT2D eigenvalue weighted by Gasteiger charge is -2.37. The highest BCUT2D eigenvalue weighted by molar-refractivity contribution is 7.13. The van der Waals surface area contributed by atoms with Crippen molar-refractivity contribution in [2.45, 2.75) is 31.5 Å². The molecule has 174 valence electrons. The van der Waals surface area contributed by atoms with Gasteiger partial charge >= 0.3 is 11.8 Å². The molecule has 4 rings (SSSR count). The number of carbonyl (C=O) groups is 4. The second-order valence-corrected chi connectivity index (χ2v) is 9.08. The van der Waals surface area contributed by atoms with Gasteiger partial charge in [-0.2, -0.15) is 0 Å². The van der Waals surface area contributed by atoms with Gasteiger partial charge in [0.15, 0.2) is 5.01 Å². The average molecular weight is 493 g/mol. The number of likely N-dealkylation sites (tertiary alicyclic amines) is 1. The van der Waals surface area contributed by atoms with E-state index in [0.29, 0.717) is 49.0 Å². The molecule has 2 aliphatic heterocycles. The highest BCUT2D eigenvalue weighted by atomic mass is 35.5. The van der Waals surface area contributed by atoms with Crippen molar-refractivity contribution < 1.29 is 23.9 Å². The smallest absolute Gasteiger partial charge is 0.314 e. The first-order valence-electron chi connectivity index (χ1n) is 10.2. The molecule has 0 radical (unpaired) electrons. The summed E-state index contributed by atoms with van der Waals surface area (Å²) < 4.78 is 5.40. The number of piperidine rings is 1. The SMILES string of the molecule is O=CN1CC[C@H](NC(=O)C(=O)Nc2ccc(Cl)cn2)[C@H](NC(=O)c2nc3c(s2)COCC3)C1. The Kier molecular flexibility index (Phi) is 7.16. The summed E-state index contributed by atoms with van der Waals surface area (Å²) in [4.78, 5) is 59.6. The Labute approximate surface area is 197 Å². The number of anilines is 1. The Morgan fingerprint density at radius 2 is 2.06 bits per heavy atom. The fourth-order valence-electron chi connectivity index (χ4n) is 3.60. The van der Waals surface area contributed by atoms with E-state index in [-0.39, 0.29) is 12.4 Å².